The van der Waals surface area contributed by atoms with Gasteiger partial charge in [0.25, 0.3) is 5.91 Å². The van der Waals surface area contributed by atoms with Crippen LogP contribution in [0.15, 0.2) is 54.9 Å². The number of aromatic nitrogens is 1. The monoisotopic (exact) mass is 306 g/mol. The molecule has 0 aliphatic heterocycles. The quantitative estimate of drug-likeness (QED) is 0.937. The number of pyridine rings is 1. The Morgan fingerprint density at radius 2 is 1.78 bits per heavy atom. The first-order chi connectivity index (χ1) is 11.3. The van der Waals surface area contributed by atoms with Crippen molar-refractivity contribution in [3.63, 3.8) is 0 Å². The third-order valence-electron chi connectivity index (χ3n) is 5.59. The number of nitrogens with zero attached hydrogens (tertiary/aromatic N) is 1. The summed E-state index contributed by atoms with van der Waals surface area (Å²) in [5, 5.41) is 3.30. The van der Waals surface area contributed by atoms with Crippen molar-refractivity contribution < 1.29 is 4.79 Å². The van der Waals surface area contributed by atoms with Gasteiger partial charge in [-0.25, -0.2) is 0 Å². The van der Waals surface area contributed by atoms with Gasteiger partial charge in [0.1, 0.15) is 0 Å². The first-order valence-corrected chi connectivity index (χ1v) is 8.60. The number of amides is 1. The van der Waals surface area contributed by atoms with Crippen molar-refractivity contribution in [3.05, 3.63) is 66.0 Å². The predicted octanol–water partition coefficient (Wildman–Crippen LogP) is 3.78. The van der Waals surface area contributed by atoms with E-state index in [9.17, 15) is 4.79 Å². The van der Waals surface area contributed by atoms with Crippen LogP contribution in [-0.2, 0) is 0 Å². The van der Waals surface area contributed by atoms with Gasteiger partial charge in [-0.05, 0) is 42.4 Å². The summed E-state index contributed by atoms with van der Waals surface area (Å²) < 4.78 is 0. The Hall–Kier alpha value is -2.16. The highest BCUT2D eigenvalue weighted by molar-refractivity contribution is 5.94. The van der Waals surface area contributed by atoms with E-state index in [2.05, 4.69) is 40.6 Å². The number of fused-ring (bicyclic) bond motifs is 1. The Morgan fingerprint density at radius 1 is 1.00 bits per heavy atom. The molecule has 3 nitrogen and oxygen atoms in total. The van der Waals surface area contributed by atoms with Crippen molar-refractivity contribution in [2.24, 2.45) is 11.8 Å². The lowest BCUT2D eigenvalue weighted by Crippen LogP contribution is -2.59. The van der Waals surface area contributed by atoms with Gasteiger partial charge >= 0.3 is 0 Å². The molecule has 0 spiro atoms. The van der Waals surface area contributed by atoms with Crippen molar-refractivity contribution in [2.45, 2.75) is 37.6 Å². The topological polar surface area (TPSA) is 42.0 Å². The van der Waals surface area contributed by atoms with Gasteiger partial charge in [-0.2, -0.15) is 0 Å². The highest BCUT2D eigenvalue weighted by atomic mass is 16.1. The molecule has 1 aromatic carbocycles. The molecule has 23 heavy (non-hydrogen) atoms. The van der Waals surface area contributed by atoms with Crippen LogP contribution in [0.25, 0.3) is 0 Å². The Balaban J connectivity index is 1.56. The summed E-state index contributed by atoms with van der Waals surface area (Å²) in [6, 6.07) is 14.6. The number of hydrogen-bond donors (Lipinski definition) is 1. The first-order valence-electron chi connectivity index (χ1n) is 8.60. The second kappa shape index (κ2) is 6.15. The molecule has 4 rings (SSSR count). The molecule has 1 heterocycles. The van der Waals surface area contributed by atoms with Crippen molar-refractivity contribution >= 4 is 5.91 Å². The summed E-state index contributed by atoms with van der Waals surface area (Å²) in [5.74, 6) is 1.83. The van der Waals surface area contributed by atoms with Gasteiger partial charge in [0, 0.05) is 24.4 Å². The summed E-state index contributed by atoms with van der Waals surface area (Å²) in [5.41, 5.74) is 2.02. The van der Waals surface area contributed by atoms with E-state index in [1.54, 1.807) is 12.4 Å². The van der Waals surface area contributed by atoms with E-state index in [4.69, 9.17) is 0 Å². The molecule has 1 N–H and O–H groups in total. The molecule has 1 amide bonds. The van der Waals surface area contributed by atoms with Crippen molar-refractivity contribution in [1.29, 1.82) is 0 Å². The normalized spacial score (nSPS) is 29.2. The minimum absolute atomic E-state index is 0.00746. The van der Waals surface area contributed by atoms with Gasteiger partial charge in [0.15, 0.2) is 0 Å². The molecule has 1 aromatic heterocycles. The number of rotatable bonds is 3. The maximum atomic E-state index is 12.5. The highest BCUT2D eigenvalue weighted by Gasteiger charge is 2.51. The fourth-order valence-corrected chi connectivity index (χ4v) is 4.53. The molecule has 0 bridgehead atoms. The second-order valence-corrected chi connectivity index (χ2v) is 6.79. The van der Waals surface area contributed by atoms with E-state index < -0.39 is 0 Å². The zero-order valence-electron chi connectivity index (χ0n) is 13.2. The fraction of sp³-hybridized carbons (Fsp3) is 0.400. The number of nitrogens with one attached hydrogen (secondary N) is 1. The summed E-state index contributed by atoms with van der Waals surface area (Å²) in [6.45, 7) is 0. The van der Waals surface area contributed by atoms with Crippen LogP contribution < -0.4 is 5.32 Å². The van der Waals surface area contributed by atoms with Gasteiger partial charge in [0.05, 0.1) is 5.56 Å². The van der Waals surface area contributed by atoms with Crippen molar-refractivity contribution in [3.8, 4) is 0 Å². The van der Waals surface area contributed by atoms with E-state index >= 15 is 0 Å². The summed E-state index contributed by atoms with van der Waals surface area (Å²) in [6.07, 6.45) is 8.50. The summed E-state index contributed by atoms with van der Waals surface area (Å²) in [7, 11) is 0. The molecule has 2 aliphatic rings. The van der Waals surface area contributed by atoms with Gasteiger partial charge in [0.2, 0.25) is 0 Å². The maximum Gasteiger partial charge on any atom is 0.253 e. The van der Waals surface area contributed by atoms with Gasteiger partial charge in [-0.15, -0.1) is 0 Å². The van der Waals surface area contributed by atoms with Crippen LogP contribution >= 0.6 is 0 Å². The number of benzene rings is 1. The van der Waals surface area contributed by atoms with Crippen LogP contribution in [-0.4, -0.2) is 16.9 Å². The molecule has 2 aromatic rings. The fourth-order valence-electron chi connectivity index (χ4n) is 4.53. The van der Waals surface area contributed by atoms with E-state index in [-0.39, 0.29) is 11.9 Å². The Kier molecular flexibility index (Phi) is 3.86. The lowest BCUT2D eigenvalue weighted by Gasteiger charge is -2.55. The standard InChI is InChI=1S/C20H22N2O/c23-20(15-9-6-12-21-13-15)22-19-17-11-5-4-10-16(17)18(19)14-7-2-1-3-8-14/h1-3,6-9,12-13,16-19H,4-5,10-11H2,(H,22,23)/t16-,17+,18+,19+/m1/s1. The Labute approximate surface area is 137 Å². The van der Waals surface area contributed by atoms with Crippen molar-refractivity contribution in [1.82, 2.24) is 10.3 Å². The van der Waals surface area contributed by atoms with Crippen LogP contribution in [0.3, 0.4) is 0 Å². The number of carbonyl (C=O) groups is 1. The minimum atomic E-state index is 0.00746. The first kappa shape index (κ1) is 14.4. The molecular weight excluding hydrogens is 284 g/mol. The van der Waals surface area contributed by atoms with Crippen LogP contribution in [0.5, 0.6) is 0 Å². The SMILES string of the molecule is O=C(N[C@H]1[C@H]2CCCC[C@H]2[C@@H]1c1ccccc1)c1cccnc1. The number of hydrogen-bond acceptors (Lipinski definition) is 2. The summed E-state index contributed by atoms with van der Waals surface area (Å²) in [4.78, 5) is 16.6. The maximum absolute atomic E-state index is 12.5. The Bertz CT molecular complexity index is 671. The smallest absolute Gasteiger partial charge is 0.253 e. The predicted molar refractivity (Wildman–Crippen MR) is 90.1 cm³/mol. The molecular formula is C20H22N2O. The molecule has 118 valence electrons. The van der Waals surface area contributed by atoms with Crippen LogP contribution in [0, 0.1) is 11.8 Å². The van der Waals surface area contributed by atoms with Gasteiger partial charge in [-0.1, -0.05) is 43.2 Å². The largest absolute Gasteiger partial charge is 0.348 e. The molecule has 4 atom stereocenters. The zero-order chi connectivity index (χ0) is 15.6. The molecule has 0 radical (unpaired) electrons. The summed E-state index contributed by atoms with van der Waals surface area (Å²) >= 11 is 0. The Morgan fingerprint density at radius 3 is 2.52 bits per heavy atom. The minimum Gasteiger partial charge on any atom is -0.348 e. The van der Waals surface area contributed by atoms with E-state index in [0.717, 1.165) is 5.92 Å². The van der Waals surface area contributed by atoms with Gasteiger partial charge in [-0.3, -0.25) is 9.78 Å². The van der Waals surface area contributed by atoms with Crippen LogP contribution in [0.2, 0.25) is 0 Å². The average molecular weight is 306 g/mol. The zero-order valence-corrected chi connectivity index (χ0v) is 13.2. The van der Waals surface area contributed by atoms with E-state index in [1.165, 1.54) is 31.2 Å². The van der Waals surface area contributed by atoms with E-state index in [1.807, 2.05) is 12.1 Å². The van der Waals surface area contributed by atoms with Gasteiger partial charge < -0.3 is 5.32 Å². The molecule has 2 saturated carbocycles. The van der Waals surface area contributed by atoms with E-state index in [0.29, 0.717) is 17.4 Å². The molecule has 0 saturated heterocycles. The lowest BCUT2D eigenvalue weighted by atomic mass is 9.53. The molecule has 2 aliphatic carbocycles. The lowest BCUT2D eigenvalue weighted by molar-refractivity contribution is 0.0252. The molecule has 0 unspecified atom stereocenters. The third kappa shape index (κ3) is 2.65. The van der Waals surface area contributed by atoms with Crippen LogP contribution in [0.1, 0.15) is 47.5 Å². The average Bonchev–Trinajstić information content (AvgIpc) is 2.61. The highest BCUT2D eigenvalue weighted by Crippen LogP contribution is 2.54. The number of carbonyl (C=O) groups excluding carboxylic acids is 1. The van der Waals surface area contributed by atoms with Crippen molar-refractivity contribution in [2.75, 3.05) is 0 Å². The van der Waals surface area contributed by atoms with Crippen LogP contribution in [0.4, 0.5) is 0 Å². The second-order valence-electron chi connectivity index (χ2n) is 6.79. The molecule has 3 heteroatoms. The third-order valence-corrected chi connectivity index (χ3v) is 5.59. The molecule has 2 fully saturated rings.